The highest BCUT2D eigenvalue weighted by atomic mass is 35.5. The number of alkyl halides is 2. The summed E-state index contributed by atoms with van der Waals surface area (Å²) in [5.74, 6) is -1.35. The van der Waals surface area contributed by atoms with E-state index in [-0.39, 0.29) is 5.56 Å². The highest BCUT2D eigenvalue weighted by molar-refractivity contribution is 6.33. The Morgan fingerprint density at radius 3 is 2.65 bits per heavy atom. The molecule has 1 aromatic rings. The van der Waals surface area contributed by atoms with E-state index in [2.05, 4.69) is 4.98 Å². The molecule has 6 nitrogen and oxygen atoms in total. The number of carboxylic acids is 1. The summed E-state index contributed by atoms with van der Waals surface area (Å²) in [6, 6.07) is 0. The Hall–Kier alpha value is -1.83. The monoisotopic (exact) mass is 266 g/mol. The third-order valence-electron chi connectivity index (χ3n) is 1.83. The van der Waals surface area contributed by atoms with Crippen LogP contribution in [0.25, 0.3) is 0 Å². The molecule has 92 valence electrons. The van der Waals surface area contributed by atoms with E-state index in [4.69, 9.17) is 16.7 Å². The van der Waals surface area contributed by atoms with Crippen LogP contribution in [0.4, 0.5) is 14.5 Å². The fourth-order valence-corrected chi connectivity index (χ4v) is 1.49. The van der Waals surface area contributed by atoms with Gasteiger partial charge in [-0.25, -0.2) is 8.78 Å². The molecule has 1 rings (SSSR count). The smallest absolute Gasteiger partial charge is 0.308 e. The first-order chi connectivity index (χ1) is 7.84. The van der Waals surface area contributed by atoms with Crippen LogP contribution in [0.1, 0.15) is 17.7 Å². The molecule has 0 aromatic carbocycles. The zero-order valence-corrected chi connectivity index (χ0v) is 8.82. The topological polar surface area (TPSA) is 93.3 Å². The van der Waals surface area contributed by atoms with E-state index in [1.54, 1.807) is 0 Å². The fourth-order valence-electron chi connectivity index (χ4n) is 1.17. The Morgan fingerprint density at radius 2 is 2.24 bits per heavy atom. The zero-order chi connectivity index (χ0) is 13.2. The van der Waals surface area contributed by atoms with E-state index in [0.29, 0.717) is 0 Å². The van der Waals surface area contributed by atoms with Crippen molar-refractivity contribution in [1.29, 1.82) is 0 Å². The van der Waals surface area contributed by atoms with Crippen molar-refractivity contribution < 1.29 is 23.6 Å². The molecular weight excluding hydrogens is 262 g/mol. The lowest BCUT2D eigenvalue weighted by atomic mass is 10.1. The van der Waals surface area contributed by atoms with Gasteiger partial charge in [0.15, 0.2) is 0 Å². The molecule has 0 bridgehead atoms. The number of hydrogen-bond donors (Lipinski definition) is 1. The first-order valence-electron chi connectivity index (χ1n) is 4.16. The van der Waals surface area contributed by atoms with Crippen LogP contribution in [-0.4, -0.2) is 21.0 Å². The molecule has 0 unspecified atom stereocenters. The average molecular weight is 267 g/mol. The van der Waals surface area contributed by atoms with Crippen molar-refractivity contribution in [1.82, 2.24) is 4.98 Å². The molecule has 0 aliphatic rings. The van der Waals surface area contributed by atoms with Crippen LogP contribution < -0.4 is 0 Å². The Labute approximate surface area is 98.0 Å². The van der Waals surface area contributed by atoms with E-state index in [9.17, 15) is 23.7 Å². The number of carbonyl (C=O) groups is 1. The molecule has 0 fully saturated rings. The standard InChI is InChI=1S/C8H5ClF2N2O4/c9-5-6(8(10)11)12-2-3(1-4(14)15)7(5)13(16)17/h2,8H,1H2,(H,14,15). The van der Waals surface area contributed by atoms with E-state index in [1.165, 1.54) is 0 Å². The maximum Gasteiger partial charge on any atom is 0.308 e. The van der Waals surface area contributed by atoms with Crippen molar-refractivity contribution in [3.05, 3.63) is 32.6 Å². The van der Waals surface area contributed by atoms with Gasteiger partial charge in [-0.3, -0.25) is 19.9 Å². The number of nitro groups is 1. The number of halogens is 3. The van der Waals surface area contributed by atoms with Gasteiger partial charge < -0.3 is 5.11 Å². The molecule has 1 aromatic heterocycles. The fraction of sp³-hybridized carbons (Fsp3) is 0.250. The molecule has 17 heavy (non-hydrogen) atoms. The quantitative estimate of drug-likeness (QED) is 0.666. The summed E-state index contributed by atoms with van der Waals surface area (Å²) in [6.45, 7) is 0. The number of carboxylic acid groups (broad SMARTS) is 1. The minimum absolute atomic E-state index is 0.322. The summed E-state index contributed by atoms with van der Waals surface area (Å²) in [5, 5.41) is 18.3. The van der Waals surface area contributed by atoms with Crippen LogP contribution in [-0.2, 0) is 11.2 Å². The molecule has 0 radical (unpaired) electrons. The van der Waals surface area contributed by atoms with E-state index in [0.717, 1.165) is 6.20 Å². The molecule has 0 aliphatic carbocycles. The highest BCUT2D eigenvalue weighted by Crippen LogP contribution is 2.35. The third kappa shape index (κ3) is 2.84. The lowest BCUT2D eigenvalue weighted by molar-refractivity contribution is -0.385. The third-order valence-corrected chi connectivity index (χ3v) is 2.20. The van der Waals surface area contributed by atoms with Crippen LogP contribution >= 0.6 is 11.6 Å². The summed E-state index contributed by atoms with van der Waals surface area (Å²) in [6.07, 6.45) is -3.06. The normalized spacial score (nSPS) is 10.6. The highest BCUT2D eigenvalue weighted by Gasteiger charge is 2.27. The number of hydrogen-bond acceptors (Lipinski definition) is 4. The summed E-state index contributed by atoms with van der Waals surface area (Å²) in [5.41, 5.74) is -2.11. The Balaban J connectivity index is 3.39. The number of aromatic nitrogens is 1. The number of rotatable bonds is 4. The maximum absolute atomic E-state index is 12.4. The van der Waals surface area contributed by atoms with Crippen molar-refractivity contribution in [2.24, 2.45) is 0 Å². The number of nitrogens with zero attached hydrogens (tertiary/aromatic N) is 2. The Morgan fingerprint density at radius 1 is 1.65 bits per heavy atom. The van der Waals surface area contributed by atoms with Crippen molar-refractivity contribution in [2.75, 3.05) is 0 Å². The summed E-state index contributed by atoms with van der Waals surface area (Å²) in [7, 11) is 0. The maximum atomic E-state index is 12.4. The second kappa shape index (κ2) is 5.00. The molecular formula is C8H5ClF2N2O4. The molecule has 0 aliphatic heterocycles. The largest absolute Gasteiger partial charge is 0.481 e. The first-order valence-corrected chi connectivity index (χ1v) is 4.54. The molecule has 9 heteroatoms. The molecule has 0 saturated heterocycles. The van der Waals surface area contributed by atoms with Gasteiger partial charge in [0.25, 0.3) is 12.1 Å². The first kappa shape index (κ1) is 13.2. The zero-order valence-electron chi connectivity index (χ0n) is 8.06. The Kier molecular flexibility index (Phi) is 3.89. The minimum atomic E-state index is -3.07. The predicted molar refractivity (Wildman–Crippen MR) is 52.2 cm³/mol. The number of aliphatic carboxylic acids is 1. The van der Waals surface area contributed by atoms with Crippen molar-refractivity contribution in [3.8, 4) is 0 Å². The van der Waals surface area contributed by atoms with Gasteiger partial charge in [-0.2, -0.15) is 0 Å². The van der Waals surface area contributed by atoms with E-state index >= 15 is 0 Å². The summed E-state index contributed by atoms with van der Waals surface area (Å²) >= 11 is 5.41. The van der Waals surface area contributed by atoms with Crippen LogP contribution in [0, 0.1) is 10.1 Å². The lowest BCUT2D eigenvalue weighted by Crippen LogP contribution is -2.07. The van der Waals surface area contributed by atoms with Crippen molar-refractivity contribution in [3.63, 3.8) is 0 Å². The molecule has 1 heterocycles. The minimum Gasteiger partial charge on any atom is -0.481 e. The predicted octanol–water partition coefficient (Wildman–Crippen LogP) is 2.21. The van der Waals surface area contributed by atoms with Crippen molar-refractivity contribution in [2.45, 2.75) is 12.8 Å². The van der Waals surface area contributed by atoms with Crippen LogP contribution in [0.15, 0.2) is 6.20 Å². The van der Waals surface area contributed by atoms with Gasteiger partial charge in [-0.15, -0.1) is 0 Å². The van der Waals surface area contributed by atoms with Crippen LogP contribution in [0.3, 0.4) is 0 Å². The van der Waals surface area contributed by atoms with E-state index in [1.807, 2.05) is 0 Å². The lowest BCUT2D eigenvalue weighted by Gasteiger charge is -2.05. The van der Waals surface area contributed by atoms with Crippen molar-refractivity contribution >= 4 is 23.3 Å². The van der Waals surface area contributed by atoms with Gasteiger partial charge in [0, 0.05) is 6.20 Å². The van der Waals surface area contributed by atoms with Gasteiger partial charge in [0.1, 0.15) is 10.7 Å². The summed E-state index contributed by atoms with van der Waals surface area (Å²) < 4.78 is 24.8. The SMILES string of the molecule is O=C(O)Cc1cnc(C(F)F)c(Cl)c1[N+](=O)[O-]. The van der Waals surface area contributed by atoms with Gasteiger partial charge in [-0.05, 0) is 0 Å². The molecule has 1 N–H and O–H groups in total. The summed E-state index contributed by atoms with van der Waals surface area (Å²) in [4.78, 5) is 23.3. The van der Waals surface area contributed by atoms with Gasteiger partial charge in [0.2, 0.25) is 0 Å². The molecule has 0 saturated carbocycles. The second-order valence-electron chi connectivity index (χ2n) is 2.96. The van der Waals surface area contributed by atoms with Crippen LogP contribution in [0.2, 0.25) is 5.02 Å². The average Bonchev–Trinajstić information content (AvgIpc) is 2.15. The second-order valence-corrected chi connectivity index (χ2v) is 3.34. The van der Waals surface area contributed by atoms with Gasteiger partial charge in [0.05, 0.1) is 16.9 Å². The van der Waals surface area contributed by atoms with E-state index < -0.39 is 40.1 Å². The van der Waals surface area contributed by atoms with Gasteiger partial charge >= 0.3 is 5.97 Å². The molecule has 0 atom stereocenters. The molecule has 0 spiro atoms. The number of pyridine rings is 1. The van der Waals surface area contributed by atoms with Gasteiger partial charge in [-0.1, -0.05) is 11.6 Å². The Bertz CT molecular complexity index is 481. The molecule has 0 amide bonds. The van der Waals surface area contributed by atoms with Crippen LogP contribution in [0.5, 0.6) is 0 Å².